The molecule has 0 atom stereocenters. The standard InChI is InChI=1S/C19H16F3N3O/c20-19(21,22)16-5-1-14(2-6-16)9-10-24-18(26)15-3-7-17(8-4-15)25-12-11-23-13-25/h1-8,11-13H,9-10H2,(H,24,26). The largest absolute Gasteiger partial charge is 0.416 e. The first-order chi connectivity index (χ1) is 12.4. The SMILES string of the molecule is O=C(NCCc1ccc(C(F)(F)F)cc1)c1ccc(-n2ccnc2)cc1. The van der Waals surface area contributed by atoms with Gasteiger partial charge in [-0.1, -0.05) is 12.1 Å². The Hall–Kier alpha value is -3.09. The lowest BCUT2D eigenvalue weighted by molar-refractivity contribution is -0.137. The minimum atomic E-state index is -4.34. The van der Waals surface area contributed by atoms with Crippen LogP contribution in [0.4, 0.5) is 13.2 Å². The third kappa shape index (κ3) is 4.30. The molecule has 0 spiro atoms. The van der Waals surface area contributed by atoms with Gasteiger partial charge in [0.2, 0.25) is 0 Å². The number of halogens is 3. The third-order valence-corrected chi connectivity index (χ3v) is 3.91. The van der Waals surface area contributed by atoms with Crippen LogP contribution in [-0.2, 0) is 12.6 Å². The second-order valence-electron chi connectivity index (χ2n) is 5.72. The van der Waals surface area contributed by atoms with E-state index in [2.05, 4.69) is 10.3 Å². The van der Waals surface area contributed by atoms with Crippen LogP contribution in [0.2, 0.25) is 0 Å². The summed E-state index contributed by atoms with van der Waals surface area (Å²) in [5.41, 5.74) is 1.46. The molecule has 0 saturated carbocycles. The zero-order valence-corrected chi connectivity index (χ0v) is 13.7. The van der Waals surface area contributed by atoms with E-state index in [-0.39, 0.29) is 5.91 Å². The molecule has 0 saturated heterocycles. The molecular formula is C19H16F3N3O. The Morgan fingerprint density at radius 2 is 1.73 bits per heavy atom. The predicted molar refractivity (Wildman–Crippen MR) is 91.0 cm³/mol. The van der Waals surface area contributed by atoms with Gasteiger partial charge in [-0.3, -0.25) is 4.79 Å². The van der Waals surface area contributed by atoms with Crippen LogP contribution in [0.15, 0.2) is 67.3 Å². The number of carbonyl (C=O) groups excluding carboxylic acids is 1. The molecule has 0 aliphatic heterocycles. The number of alkyl halides is 3. The second kappa shape index (κ2) is 7.43. The smallest absolute Gasteiger partial charge is 0.352 e. The van der Waals surface area contributed by atoms with Gasteiger partial charge in [0.1, 0.15) is 0 Å². The molecule has 1 heterocycles. The average Bonchev–Trinajstić information content (AvgIpc) is 3.16. The topological polar surface area (TPSA) is 46.9 Å². The quantitative estimate of drug-likeness (QED) is 0.752. The van der Waals surface area contributed by atoms with Gasteiger partial charge >= 0.3 is 6.18 Å². The van der Waals surface area contributed by atoms with Crippen LogP contribution in [0, 0.1) is 0 Å². The Labute approximate surface area is 148 Å². The number of benzene rings is 2. The van der Waals surface area contributed by atoms with Gasteiger partial charge in [0.15, 0.2) is 0 Å². The highest BCUT2D eigenvalue weighted by Gasteiger charge is 2.29. The molecule has 26 heavy (non-hydrogen) atoms. The second-order valence-corrected chi connectivity index (χ2v) is 5.72. The monoisotopic (exact) mass is 359 g/mol. The number of imidazole rings is 1. The molecular weight excluding hydrogens is 343 g/mol. The summed E-state index contributed by atoms with van der Waals surface area (Å²) in [5, 5.41) is 2.77. The van der Waals surface area contributed by atoms with Crippen molar-refractivity contribution in [3.05, 3.63) is 83.9 Å². The van der Waals surface area contributed by atoms with Crippen molar-refractivity contribution in [1.82, 2.24) is 14.9 Å². The summed E-state index contributed by atoms with van der Waals surface area (Å²) in [6.07, 6.45) is 1.26. The molecule has 0 fully saturated rings. The van der Waals surface area contributed by atoms with Gasteiger partial charge in [-0.25, -0.2) is 4.98 Å². The van der Waals surface area contributed by atoms with E-state index in [0.29, 0.717) is 18.5 Å². The fourth-order valence-electron chi connectivity index (χ4n) is 2.48. The van der Waals surface area contributed by atoms with Crippen LogP contribution < -0.4 is 5.32 Å². The molecule has 0 bridgehead atoms. The van der Waals surface area contributed by atoms with Crippen molar-refractivity contribution in [1.29, 1.82) is 0 Å². The van der Waals surface area contributed by atoms with E-state index < -0.39 is 11.7 Å². The van der Waals surface area contributed by atoms with Crippen molar-refractivity contribution < 1.29 is 18.0 Å². The van der Waals surface area contributed by atoms with Crippen LogP contribution in [0.3, 0.4) is 0 Å². The minimum absolute atomic E-state index is 0.228. The van der Waals surface area contributed by atoms with Crippen molar-refractivity contribution in [3.8, 4) is 5.69 Å². The molecule has 1 N–H and O–H groups in total. The van der Waals surface area contributed by atoms with E-state index >= 15 is 0 Å². The Morgan fingerprint density at radius 3 is 2.31 bits per heavy atom. The molecule has 2 aromatic carbocycles. The maximum atomic E-state index is 12.5. The van der Waals surface area contributed by atoms with Crippen LogP contribution in [0.1, 0.15) is 21.5 Å². The minimum Gasteiger partial charge on any atom is -0.352 e. The maximum Gasteiger partial charge on any atom is 0.416 e. The molecule has 3 rings (SSSR count). The van der Waals surface area contributed by atoms with Gasteiger partial charge in [-0.2, -0.15) is 13.2 Å². The number of carbonyl (C=O) groups is 1. The van der Waals surface area contributed by atoms with Gasteiger partial charge in [-0.05, 0) is 48.4 Å². The van der Waals surface area contributed by atoms with E-state index in [0.717, 1.165) is 23.4 Å². The predicted octanol–water partition coefficient (Wildman–Crippen LogP) is 3.86. The van der Waals surface area contributed by atoms with E-state index in [4.69, 9.17) is 0 Å². The fraction of sp³-hybridized carbons (Fsp3) is 0.158. The van der Waals surface area contributed by atoms with Crippen LogP contribution in [0.5, 0.6) is 0 Å². The highest BCUT2D eigenvalue weighted by molar-refractivity contribution is 5.94. The van der Waals surface area contributed by atoms with Crippen molar-refractivity contribution in [2.24, 2.45) is 0 Å². The normalized spacial score (nSPS) is 11.3. The molecule has 0 unspecified atom stereocenters. The summed E-state index contributed by atoms with van der Waals surface area (Å²) in [5.74, 6) is -0.228. The van der Waals surface area contributed by atoms with Crippen molar-refractivity contribution in [3.63, 3.8) is 0 Å². The Morgan fingerprint density at radius 1 is 1.04 bits per heavy atom. The van der Waals surface area contributed by atoms with Gasteiger partial charge in [-0.15, -0.1) is 0 Å². The first-order valence-corrected chi connectivity index (χ1v) is 7.96. The summed E-state index contributed by atoms with van der Waals surface area (Å²) < 4.78 is 39.4. The summed E-state index contributed by atoms with van der Waals surface area (Å²) in [4.78, 5) is 16.1. The van der Waals surface area contributed by atoms with Crippen molar-refractivity contribution >= 4 is 5.91 Å². The third-order valence-electron chi connectivity index (χ3n) is 3.91. The summed E-state index contributed by atoms with van der Waals surface area (Å²) in [6, 6.07) is 12.0. The maximum absolute atomic E-state index is 12.5. The number of aromatic nitrogens is 2. The molecule has 0 aliphatic rings. The Bertz CT molecular complexity index is 855. The molecule has 0 radical (unpaired) electrons. The molecule has 4 nitrogen and oxygen atoms in total. The van der Waals surface area contributed by atoms with E-state index in [1.54, 1.807) is 30.9 Å². The first kappa shape index (κ1) is 17.7. The highest BCUT2D eigenvalue weighted by Crippen LogP contribution is 2.29. The van der Waals surface area contributed by atoms with E-state index in [1.165, 1.54) is 12.1 Å². The molecule has 1 amide bonds. The molecule has 134 valence electrons. The molecule has 3 aromatic rings. The summed E-state index contributed by atoms with van der Waals surface area (Å²) >= 11 is 0. The van der Waals surface area contributed by atoms with Gasteiger partial charge < -0.3 is 9.88 Å². The molecule has 1 aromatic heterocycles. The van der Waals surface area contributed by atoms with Gasteiger partial charge in [0.05, 0.1) is 11.9 Å². The fourth-order valence-corrected chi connectivity index (χ4v) is 2.48. The first-order valence-electron chi connectivity index (χ1n) is 7.96. The lowest BCUT2D eigenvalue weighted by Crippen LogP contribution is -2.25. The number of hydrogen-bond acceptors (Lipinski definition) is 2. The number of nitrogens with one attached hydrogen (secondary N) is 1. The van der Waals surface area contributed by atoms with E-state index in [9.17, 15) is 18.0 Å². The number of nitrogens with zero attached hydrogens (tertiary/aromatic N) is 2. The van der Waals surface area contributed by atoms with E-state index in [1.807, 2.05) is 16.7 Å². The zero-order valence-electron chi connectivity index (χ0n) is 13.7. The molecule has 0 aliphatic carbocycles. The zero-order chi connectivity index (χ0) is 18.6. The van der Waals surface area contributed by atoms with Crippen LogP contribution in [-0.4, -0.2) is 22.0 Å². The summed E-state index contributed by atoms with van der Waals surface area (Å²) in [6.45, 7) is 0.341. The summed E-state index contributed by atoms with van der Waals surface area (Å²) in [7, 11) is 0. The van der Waals surface area contributed by atoms with Gasteiger partial charge in [0, 0.05) is 30.2 Å². The molecule has 7 heteroatoms. The van der Waals surface area contributed by atoms with Crippen LogP contribution in [0.25, 0.3) is 5.69 Å². The average molecular weight is 359 g/mol. The van der Waals surface area contributed by atoms with Crippen molar-refractivity contribution in [2.45, 2.75) is 12.6 Å². The number of amides is 1. The number of rotatable bonds is 5. The van der Waals surface area contributed by atoms with Gasteiger partial charge in [0.25, 0.3) is 5.91 Å². The lowest BCUT2D eigenvalue weighted by atomic mass is 10.1. The Balaban J connectivity index is 1.52. The highest BCUT2D eigenvalue weighted by atomic mass is 19.4. The Kier molecular flexibility index (Phi) is 5.06. The number of hydrogen-bond donors (Lipinski definition) is 1. The van der Waals surface area contributed by atoms with Crippen molar-refractivity contribution in [2.75, 3.05) is 6.54 Å². The lowest BCUT2D eigenvalue weighted by Gasteiger charge is -2.09. The van der Waals surface area contributed by atoms with Crippen LogP contribution >= 0.6 is 0 Å².